The van der Waals surface area contributed by atoms with Crippen molar-refractivity contribution in [3.05, 3.63) is 59.2 Å². The number of Topliss-reactive ketones (excluding diaryl/α,β-unsaturated/α-hetero) is 1. The van der Waals surface area contributed by atoms with Gasteiger partial charge >= 0.3 is 0 Å². The molecule has 0 bridgehead atoms. The van der Waals surface area contributed by atoms with Crippen LogP contribution in [0.25, 0.3) is 5.76 Å². The second-order valence-electron chi connectivity index (χ2n) is 6.81. The smallest absolute Gasteiger partial charge is 0.295 e. The molecule has 3 rings (SSSR count). The number of aliphatic hydroxyl groups is 1. The van der Waals surface area contributed by atoms with Gasteiger partial charge in [0.2, 0.25) is 5.75 Å². The SMILES string of the molecule is COCCN1C(=O)C(=O)/C(=C(\O)c2ccccc2)C1c1cc(OC)c(OC)c(OC)c1. The van der Waals surface area contributed by atoms with Crippen molar-refractivity contribution in [3.63, 3.8) is 0 Å². The lowest BCUT2D eigenvalue weighted by Gasteiger charge is -2.26. The predicted octanol–water partition coefficient (Wildman–Crippen LogP) is 2.78. The Morgan fingerprint density at radius 3 is 2.10 bits per heavy atom. The molecule has 1 atom stereocenters. The number of likely N-dealkylation sites (tertiary alicyclic amines) is 1. The standard InChI is InChI=1S/C23H25NO7/c1-28-11-10-24-19(15-12-16(29-2)22(31-4)17(13-15)30-3)18(21(26)23(24)27)20(25)14-8-6-5-7-9-14/h5-9,12-13,19,25H,10-11H2,1-4H3/b20-18-. The number of nitrogens with zero attached hydrogens (tertiary/aromatic N) is 1. The molecule has 2 aromatic carbocycles. The fourth-order valence-electron chi connectivity index (χ4n) is 3.66. The number of amides is 1. The van der Waals surface area contributed by atoms with Crippen molar-refractivity contribution in [2.24, 2.45) is 0 Å². The quantitative estimate of drug-likeness (QED) is 0.393. The van der Waals surface area contributed by atoms with E-state index in [0.29, 0.717) is 28.4 Å². The molecule has 1 saturated heterocycles. The third-order valence-electron chi connectivity index (χ3n) is 5.13. The zero-order chi connectivity index (χ0) is 22.5. The van der Waals surface area contributed by atoms with Gasteiger partial charge in [-0.05, 0) is 17.7 Å². The van der Waals surface area contributed by atoms with E-state index in [9.17, 15) is 14.7 Å². The van der Waals surface area contributed by atoms with Gasteiger partial charge in [-0.2, -0.15) is 0 Å². The maximum atomic E-state index is 13.0. The van der Waals surface area contributed by atoms with E-state index in [1.165, 1.54) is 33.3 Å². The molecule has 1 fully saturated rings. The van der Waals surface area contributed by atoms with E-state index < -0.39 is 17.7 Å². The Kier molecular flexibility index (Phi) is 6.81. The van der Waals surface area contributed by atoms with Gasteiger partial charge in [-0.3, -0.25) is 9.59 Å². The van der Waals surface area contributed by atoms with Crippen molar-refractivity contribution in [3.8, 4) is 17.2 Å². The van der Waals surface area contributed by atoms with Crippen LogP contribution < -0.4 is 14.2 Å². The molecule has 0 spiro atoms. The number of rotatable bonds is 8. The third kappa shape index (κ3) is 4.06. The maximum Gasteiger partial charge on any atom is 0.295 e. The molecule has 0 saturated carbocycles. The zero-order valence-corrected chi connectivity index (χ0v) is 17.9. The molecule has 1 aliphatic heterocycles. The fourth-order valence-corrected chi connectivity index (χ4v) is 3.66. The molecule has 0 aromatic heterocycles. The summed E-state index contributed by atoms with van der Waals surface area (Å²) in [6, 6.07) is 11.1. The number of ether oxygens (including phenoxy) is 4. The van der Waals surface area contributed by atoms with Crippen molar-refractivity contribution >= 4 is 17.4 Å². The average molecular weight is 427 g/mol. The molecule has 8 heteroatoms. The molecule has 1 amide bonds. The lowest BCUT2D eigenvalue weighted by atomic mass is 9.94. The third-order valence-corrected chi connectivity index (χ3v) is 5.13. The predicted molar refractivity (Wildman–Crippen MR) is 113 cm³/mol. The average Bonchev–Trinajstić information content (AvgIpc) is 3.06. The largest absolute Gasteiger partial charge is 0.507 e. The molecular formula is C23H25NO7. The van der Waals surface area contributed by atoms with E-state index >= 15 is 0 Å². The van der Waals surface area contributed by atoms with E-state index in [1.54, 1.807) is 42.5 Å². The molecule has 2 aromatic rings. The Morgan fingerprint density at radius 1 is 0.968 bits per heavy atom. The minimum absolute atomic E-state index is 0.0124. The summed E-state index contributed by atoms with van der Waals surface area (Å²) in [5.74, 6) is -0.615. The highest BCUT2D eigenvalue weighted by atomic mass is 16.5. The zero-order valence-electron chi connectivity index (χ0n) is 17.9. The number of carbonyl (C=O) groups is 2. The summed E-state index contributed by atoms with van der Waals surface area (Å²) in [7, 11) is 5.95. The Hall–Kier alpha value is -3.52. The summed E-state index contributed by atoms with van der Waals surface area (Å²) in [6.07, 6.45) is 0. The monoisotopic (exact) mass is 427 g/mol. The highest BCUT2D eigenvalue weighted by Crippen LogP contribution is 2.45. The first-order valence-electron chi connectivity index (χ1n) is 9.61. The van der Waals surface area contributed by atoms with E-state index in [4.69, 9.17) is 18.9 Å². The minimum Gasteiger partial charge on any atom is -0.507 e. The topological polar surface area (TPSA) is 94.5 Å². The number of benzene rings is 2. The fraction of sp³-hybridized carbons (Fsp3) is 0.304. The Morgan fingerprint density at radius 2 is 1.58 bits per heavy atom. The van der Waals surface area contributed by atoms with Crippen LogP contribution in [-0.2, 0) is 14.3 Å². The normalized spacial score (nSPS) is 17.7. The molecule has 0 radical (unpaired) electrons. The Bertz CT molecular complexity index is 975. The van der Waals surface area contributed by atoms with Crippen LogP contribution in [0.1, 0.15) is 17.2 Å². The van der Waals surface area contributed by atoms with E-state index in [-0.39, 0.29) is 24.5 Å². The molecule has 1 unspecified atom stereocenters. The van der Waals surface area contributed by atoms with Gasteiger partial charge in [-0.25, -0.2) is 0 Å². The number of hydrogen-bond acceptors (Lipinski definition) is 7. The summed E-state index contributed by atoms with van der Waals surface area (Å²) >= 11 is 0. The second kappa shape index (κ2) is 9.53. The van der Waals surface area contributed by atoms with Gasteiger partial charge in [-0.1, -0.05) is 30.3 Å². The molecule has 164 valence electrons. The molecule has 31 heavy (non-hydrogen) atoms. The van der Waals surface area contributed by atoms with Gasteiger partial charge in [0.15, 0.2) is 11.5 Å². The van der Waals surface area contributed by atoms with E-state index in [2.05, 4.69) is 0 Å². The number of aliphatic hydroxyl groups excluding tert-OH is 1. The number of carbonyl (C=O) groups excluding carboxylic acids is 2. The number of methoxy groups -OCH3 is 4. The first-order chi connectivity index (χ1) is 15.0. The molecule has 1 heterocycles. The lowest BCUT2D eigenvalue weighted by Crippen LogP contribution is -2.32. The molecule has 1 aliphatic rings. The Balaban J connectivity index is 2.25. The highest BCUT2D eigenvalue weighted by molar-refractivity contribution is 6.46. The van der Waals surface area contributed by atoms with Gasteiger partial charge in [0.25, 0.3) is 11.7 Å². The van der Waals surface area contributed by atoms with Crippen molar-refractivity contribution in [1.82, 2.24) is 4.90 Å². The second-order valence-corrected chi connectivity index (χ2v) is 6.81. The van der Waals surface area contributed by atoms with Crippen LogP contribution in [0.5, 0.6) is 17.2 Å². The summed E-state index contributed by atoms with van der Waals surface area (Å²) in [4.78, 5) is 27.2. The van der Waals surface area contributed by atoms with Crippen molar-refractivity contribution in [2.45, 2.75) is 6.04 Å². The molecule has 0 aliphatic carbocycles. The minimum atomic E-state index is -0.857. The van der Waals surface area contributed by atoms with Crippen LogP contribution in [0.15, 0.2) is 48.0 Å². The van der Waals surface area contributed by atoms with Gasteiger partial charge in [-0.15, -0.1) is 0 Å². The van der Waals surface area contributed by atoms with E-state index in [0.717, 1.165) is 0 Å². The highest BCUT2D eigenvalue weighted by Gasteiger charge is 2.46. The van der Waals surface area contributed by atoms with Gasteiger partial charge in [0, 0.05) is 19.2 Å². The molecule has 1 N–H and O–H groups in total. The van der Waals surface area contributed by atoms with Gasteiger partial charge in [0.05, 0.1) is 39.6 Å². The summed E-state index contributed by atoms with van der Waals surface area (Å²) in [6.45, 7) is 0.382. The van der Waals surface area contributed by atoms with Crippen molar-refractivity contribution in [2.75, 3.05) is 41.6 Å². The van der Waals surface area contributed by atoms with Crippen LogP contribution in [0, 0.1) is 0 Å². The summed E-state index contributed by atoms with van der Waals surface area (Å²) in [5.41, 5.74) is 0.952. The first kappa shape index (κ1) is 22.2. The Labute approximate surface area is 180 Å². The van der Waals surface area contributed by atoms with E-state index in [1.807, 2.05) is 0 Å². The molecular weight excluding hydrogens is 402 g/mol. The van der Waals surface area contributed by atoms with Crippen LogP contribution in [0.2, 0.25) is 0 Å². The maximum absolute atomic E-state index is 13.0. The van der Waals surface area contributed by atoms with Crippen molar-refractivity contribution in [1.29, 1.82) is 0 Å². The summed E-state index contributed by atoms with van der Waals surface area (Å²) < 4.78 is 21.4. The van der Waals surface area contributed by atoms with Crippen LogP contribution >= 0.6 is 0 Å². The molecule has 8 nitrogen and oxygen atoms in total. The van der Waals surface area contributed by atoms with Crippen LogP contribution in [0.4, 0.5) is 0 Å². The lowest BCUT2D eigenvalue weighted by molar-refractivity contribution is -0.140. The first-order valence-corrected chi connectivity index (χ1v) is 9.61. The van der Waals surface area contributed by atoms with Gasteiger partial charge in [0.1, 0.15) is 5.76 Å². The van der Waals surface area contributed by atoms with Crippen LogP contribution in [-0.4, -0.2) is 63.3 Å². The summed E-state index contributed by atoms with van der Waals surface area (Å²) in [5, 5.41) is 11.0. The van der Waals surface area contributed by atoms with Crippen LogP contribution in [0.3, 0.4) is 0 Å². The number of hydrogen-bond donors (Lipinski definition) is 1. The van der Waals surface area contributed by atoms with Crippen molar-refractivity contribution < 1.29 is 33.6 Å². The number of ketones is 1. The van der Waals surface area contributed by atoms with Gasteiger partial charge < -0.3 is 29.0 Å².